The molecular weight excluding hydrogens is 248 g/mol. The molecule has 1 aromatic heterocycles. The number of methoxy groups -OCH3 is 1. The van der Waals surface area contributed by atoms with Gasteiger partial charge in [0.2, 0.25) is 0 Å². The molecule has 0 N–H and O–H groups in total. The van der Waals surface area contributed by atoms with Crippen LogP contribution in [0.4, 0.5) is 0 Å². The Labute approximate surface area is 112 Å². The number of benzene rings is 1. The molecule has 0 atom stereocenters. The van der Waals surface area contributed by atoms with Crippen LogP contribution in [0.3, 0.4) is 0 Å². The number of rotatable bonds is 3. The van der Waals surface area contributed by atoms with Crippen LogP contribution in [0.25, 0.3) is 11.3 Å². The van der Waals surface area contributed by atoms with E-state index in [0.29, 0.717) is 5.02 Å². The lowest BCUT2D eigenvalue weighted by Gasteiger charge is -2.11. The Morgan fingerprint density at radius 2 is 2.06 bits per heavy atom. The number of hydrogen-bond acceptors (Lipinski definition) is 3. The Kier molecular flexibility index (Phi) is 3.82. The second kappa shape index (κ2) is 5.36. The van der Waals surface area contributed by atoms with E-state index in [2.05, 4.69) is 9.97 Å². The van der Waals surface area contributed by atoms with E-state index in [0.717, 1.165) is 34.9 Å². The van der Waals surface area contributed by atoms with Gasteiger partial charge in [-0.1, -0.05) is 24.6 Å². The van der Waals surface area contributed by atoms with Gasteiger partial charge in [-0.3, -0.25) is 0 Å². The van der Waals surface area contributed by atoms with Crippen LogP contribution in [0, 0.1) is 6.92 Å². The number of ether oxygens (including phenoxy) is 1. The number of halogens is 1. The smallest absolute Gasteiger partial charge is 0.129 e. The van der Waals surface area contributed by atoms with Gasteiger partial charge in [0.25, 0.3) is 0 Å². The van der Waals surface area contributed by atoms with Gasteiger partial charge in [0.1, 0.15) is 11.6 Å². The van der Waals surface area contributed by atoms with Gasteiger partial charge in [-0.15, -0.1) is 0 Å². The quantitative estimate of drug-likeness (QED) is 0.846. The van der Waals surface area contributed by atoms with Gasteiger partial charge in [0, 0.05) is 12.1 Å². The highest BCUT2D eigenvalue weighted by molar-refractivity contribution is 6.33. The third-order valence-corrected chi connectivity index (χ3v) is 2.98. The summed E-state index contributed by atoms with van der Waals surface area (Å²) in [7, 11) is 1.63. The van der Waals surface area contributed by atoms with Crippen LogP contribution in [-0.2, 0) is 6.42 Å². The summed E-state index contributed by atoms with van der Waals surface area (Å²) in [6.07, 6.45) is 0.793. The zero-order valence-corrected chi connectivity index (χ0v) is 11.5. The van der Waals surface area contributed by atoms with Gasteiger partial charge in [-0.05, 0) is 25.1 Å². The lowest BCUT2D eigenvalue weighted by atomic mass is 10.1. The van der Waals surface area contributed by atoms with Crippen molar-refractivity contribution >= 4 is 11.6 Å². The first kappa shape index (κ1) is 12.8. The van der Waals surface area contributed by atoms with Crippen molar-refractivity contribution in [2.75, 3.05) is 7.11 Å². The Morgan fingerprint density at radius 1 is 1.28 bits per heavy atom. The van der Waals surface area contributed by atoms with E-state index in [1.54, 1.807) is 7.11 Å². The molecule has 0 fully saturated rings. The summed E-state index contributed by atoms with van der Waals surface area (Å²) in [6, 6.07) is 7.50. The van der Waals surface area contributed by atoms with E-state index in [9.17, 15) is 0 Å². The predicted octanol–water partition coefficient (Wildman–Crippen LogP) is 3.68. The van der Waals surface area contributed by atoms with Gasteiger partial charge in [-0.25, -0.2) is 9.97 Å². The minimum absolute atomic E-state index is 0.634. The maximum absolute atomic E-state index is 6.25. The minimum Gasteiger partial charge on any atom is -0.496 e. The molecule has 0 bridgehead atoms. The second-order valence-corrected chi connectivity index (χ2v) is 4.39. The van der Waals surface area contributed by atoms with E-state index < -0.39 is 0 Å². The van der Waals surface area contributed by atoms with Crippen LogP contribution in [-0.4, -0.2) is 17.1 Å². The highest BCUT2D eigenvalue weighted by Gasteiger charge is 2.13. The van der Waals surface area contributed by atoms with Crippen LogP contribution < -0.4 is 4.74 Å². The molecule has 0 saturated carbocycles. The summed E-state index contributed by atoms with van der Waals surface area (Å²) in [6.45, 7) is 3.98. The highest BCUT2D eigenvalue weighted by atomic mass is 35.5. The van der Waals surface area contributed by atoms with Gasteiger partial charge in [0.05, 0.1) is 23.4 Å². The van der Waals surface area contributed by atoms with Crippen LogP contribution in [0.15, 0.2) is 24.3 Å². The molecule has 2 rings (SSSR count). The summed E-state index contributed by atoms with van der Waals surface area (Å²) >= 11 is 6.25. The molecule has 1 aromatic carbocycles. The maximum Gasteiger partial charge on any atom is 0.129 e. The first-order chi connectivity index (χ1) is 8.65. The average Bonchev–Trinajstić information content (AvgIpc) is 2.37. The van der Waals surface area contributed by atoms with Crippen molar-refractivity contribution in [3.63, 3.8) is 0 Å². The highest BCUT2D eigenvalue weighted by Crippen LogP contribution is 2.35. The fourth-order valence-corrected chi connectivity index (χ4v) is 2.10. The van der Waals surface area contributed by atoms with Crippen molar-refractivity contribution < 1.29 is 4.74 Å². The van der Waals surface area contributed by atoms with E-state index in [-0.39, 0.29) is 0 Å². The molecule has 0 spiro atoms. The fourth-order valence-electron chi connectivity index (χ4n) is 1.84. The minimum atomic E-state index is 0.634. The van der Waals surface area contributed by atoms with Crippen molar-refractivity contribution in [2.24, 2.45) is 0 Å². The molecule has 1 heterocycles. The first-order valence-corrected chi connectivity index (χ1v) is 6.21. The van der Waals surface area contributed by atoms with Crippen molar-refractivity contribution in [3.05, 3.63) is 40.8 Å². The van der Waals surface area contributed by atoms with Crippen molar-refractivity contribution in [1.29, 1.82) is 0 Å². The van der Waals surface area contributed by atoms with Crippen LogP contribution in [0.5, 0.6) is 5.75 Å². The van der Waals surface area contributed by atoms with Gasteiger partial charge >= 0.3 is 0 Å². The van der Waals surface area contributed by atoms with Gasteiger partial charge in [0.15, 0.2) is 0 Å². The topological polar surface area (TPSA) is 35.0 Å². The summed E-state index contributed by atoms with van der Waals surface area (Å²) < 4.78 is 5.35. The number of aryl methyl sites for hydroxylation is 2. The van der Waals surface area contributed by atoms with E-state index in [1.807, 2.05) is 38.1 Å². The second-order valence-electron chi connectivity index (χ2n) is 3.98. The molecule has 0 saturated heterocycles. The number of hydrogen-bond donors (Lipinski definition) is 0. The molecule has 2 aromatic rings. The SMILES string of the molecule is CCc1nc(C)cc(-c2c(Cl)cccc2OC)n1. The van der Waals surface area contributed by atoms with Crippen LogP contribution >= 0.6 is 11.6 Å². The molecule has 0 unspecified atom stereocenters. The third-order valence-electron chi connectivity index (χ3n) is 2.67. The average molecular weight is 263 g/mol. The normalized spacial score (nSPS) is 10.4. The summed E-state index contributed by atoms with van der Waals surface area (Å²) in [5.41, 5.74) is 2.56. The third kappa shape index (κ3) is 2.46. The summed E-state index contributed by atoms with van der Waals surface area (Å²) in [5.74, 6) is 1.54. The fraction of sp³-hybridized carbons (Fsp3) is 0.286. The molecule has 18 heavy (non-hydrogen) atoms. The molecule has 0 aliphatic heterocycles. The predicted molar refractivity (Wildman–Crippen MR) is 73.1 cm³/mol. The zero-order chi connectivity index (χ0) is 13.1. The lowest BCUT2D eigenvalue weighted by molar-refractivity contribution is 0.416. The van der Waals surface area contributed by atoms with E-state index in [4.69, 9.17) is 16.3 Å². The van der Waals surface area contributed by atoms with Gasteiger partial charge in [-0.2, -0.15) is 0 Å². The molecule has 0 amide bonds. The molecule has 4 heteroatoms. The van der Waals surface area contributed by atoms with Gasteiger partial charge < -0.3 is 4.74 Å². The number of aromatic nitrogens is 2. The molecular formula is C14H15ClN2O. The molecule has 0 aliphatic carbocycles. The Hall–Kier alpha value is -1.61. The van der Waals surface area contributed by atoms with Crippen LogP contribution in [0.2, 0.25) is 5.02 Å². The molecule has 3 nitrogen and oxygen atoms in total. The lowest BCUT2D eigenvalue weighted by Crippen LogP contribution is -1.99. The van der Waals surface area contributed by atoms with Crippen molar-refractivity contribution in [2.45, 2.75) is 20.3 Å². The molecule has 94 valence electrons. The largest absolute Gasteiger partial charge is 0.496 e. The Morgan fingerprint density at radius 3 is 2.72 bits per heavy atom. The maximum atomic E-state index is 6.25. The summed E-state index contributed by atoms with van der Waals surface area (Å²) in [5, 5.41) is 0.634. The molecule has 0 radical (unpaired) electrons. The molecule has 0 aliphatic rings. The standard InChI is InChI=1S/C14H15ClN2O/c1-4-13-16-9(2)8-11(17-13)14-10(15)6-5-7-12(14)18-3/h5-8H,4H2,1-3H3. The van der Waals surface area contributed by atoms with Crippen molar-refractivity contribution in [1.82, 2.24) is 9.97 Å². The van der Waals surface area contributed by atoms with E-state index >= 15 is 0 Å². The summed E-state index contributed by atoms with van der Waals surface area (Å²) in [4.78, 5) is 8.88. The zero-order valence-electron chi connectivity index (χ0n) is 10.7. The van der Waals surface area contributed by atoms with Crippen molar-refractivity contribution in [3.8, 4) is 17.0 Å². The Bertz CT molecular complexity index is 570. The first-order valence-electron chi connectivity index (χ1n) is 5.83. The number of nitrogens with zero attached hydrogens (tertiary/aromatic N) is 2. The van der Waals surface area contributed by atoms with E-state index in [1.165, 1.54) is 0 Å². The van der Waals surface area contributed by atoms with Crippen LogP contribution in [0.1, 0.15) is 18.4 Å². The monoisotopic (exact) mass is 262 g/mol. The Balaban J connectivity index is 2.64.